The average Bonchev–Trinajstić information content (AvgIpc) is 3.01. The van der Waals surface area contributed by atoms with E-state index in [4.69, 9.17) is 0 Å². The SMILES string of the molecule is O=C(c1ccncc1)N1C[C@@H]2CC[C@H](C1)N(S(=O)(=O)c1ccccc1)C2. The fourth-order valence-electron chi connectivity index (χ4n) is 3.90. The zero-order chi connectivity index (χ0) is 18.1. The smallest absolute Gasteiger partial charge is 0.254 e. The second kappa shape index (κ2) is 6.81. The summed E-state index contributed by atoms with van der Waals surface area (Å²) in [5.41, 5.74) is 0.596. The van der Waals surface area contributed by atoms with Crippen molar-refractivity contribution in [1.82, 2.24) is 14.2 Å². The van der Waals surface area contributed by atoms with Gasteiger partial charge >= 0.3 is 0 Å². The topological polar surface area (TPSA) is 70.6 Å². The van der Waals surface area contributed by atoms with Crippen LogP contribution in [0.2, 0.25) is 0 Å². The lowest BCUT2D eigenvalue weighted by molar-refractivity contribution is 0.0746. The molecular weight excluding hydrogens is 350 g/mol. The maximum absolute atomic E-state index is 13.1. The Morgan fingerprint density at radius 2 is 1.69 bits per heavy atom. The van der Waals surface area contributed by atoms with Crippen LogP contribution in [0.25, 0.3) is 0 Å². The van der Waals surface area contributed by atoms with Gasteiger partial charge in [0.2, 0.25) is 10.0 Å². The third kappa shape index (κ3) is 3.12. The van der Waals surface area contributed by atoms with Crippen molar-refractivity contribution in [2.24, 2.45) is 5.92 Å². The van der Waals surface area contributed by atoms with Crippen LogP contribution in [-0.4, -0.2) is 54.2 Å². The molecule has 3 saturated heterocycles. The third-order valence-electron chi connectivity index (χ3n) is 5.23. The van der Waals surface area contributed by atoms with Crippen molar-refractivity contribution in [2.75, 3.05) is 19.6 Å². The molecule has 7 heteroatoms. The van der Waals surface area contributed by atoms with E-state index in [-0.39, 0.29) is 17.9 Å². The van der Waals surface area contributed by atoms with Crippen molar-refractivity contribution in [1.29, 1.82) is 0 Å². The number of amides is 1. The van der Waals surface area contributed by atoms with Gasteiger partial charge in [0.1, 0.15) is 0 Å². The Morgan fingerprint density at radius 3 is 2.42 bits per heavy atom. The number of pyridine rings is 1. The Labute approximate surface area is 153 Å². The number of hydrogen-bond acceptors (Lipinski definition) is 4. The predicted molar refractivity (Wildman–Crippen MR) is 97.0 cm³/mol. The minimum atomic E-state index is -3.54. The number of nitrogens with zero attached hydrogens (tertiary/aromatic N) is 3. The van der Waals surface area contributed by atoms with Gasteiger partial charge in [0.15, 0.2) is 0 Å². The van der Waals surface area contributed by atoms with Crippen molar-refractivity contribution >= 4 is 15.9 Å². The molecule has 4 heterocycles. The number of fused-ring (bicyclic) bond motifs is 4. The zero-order valence-electron chi connectivity index (χ0n) is 14.4. The normalized spacial score (nSPS) is 23.6. The van der Waals surface area contributed by atoms with Gasteiger partial charge in [-0.15, -0.1) is 0 Å². The summed E-state index contributed by atoms with van der Waals surface area (Å²) in [5.74, 6) is 0.112. The van der Waals surface area contributed by atoms with Crippen LogP contribution in [0.4, 0.5) is 0 Å². The number of carbonyl (C=O) groups excluding carboxylic acids is 1. The van der Waals surface area contributed by atoms with E-state index in [9.17, 15) is 13.2 Å². The summed E-state index contributed by atoms with van der Waals surface area (Å²) in [4.78, 5) is 18.9. The van der Waals surface area contributed by atoms with Crippen LogP contribution < -0.4 is 0 Å². The number of sulfonamides is 1. The molecule has 1 aromatic heterocycles. The molecule has 1 aromatic carbocycles. The van der Waals surface area contributed by atoms with Gasteiger partial charge in [-0.3, -0.25) is 9.78 Å². The standard InChI is InChI=1S/C19H21N3O3S/c23-19(16-8-10-20-11-9-16)21-12-15-6-7-17(14-21)22(13-15)26(24,25)18-4-2-1-3-5-18/h1-5,8-11,15,17H,6-7,12-14H2/t15-,17+/m0/s1. The first-order chi connectivity index (χ1) is 12.6. The Balaban J connectivity index is 1.60. The second-order valence-electron chi connectivity index (χ2n) is 6.93. The molecule has 2 aromatic rings. The molecule has 2 atom stereocenters. The minimum absolute atomic E-state index is 0.0525. The lowest BCUT2D eigenvalue weighted by Gasteiger charge is -2.34. The molecule has 0 N–H and O–H groups in total. The molecule has 6 nitrogen and oxygen atoms in total. The summed E-state index contributed by atoms with van der Waals surface area (Å²) in [6.07, 6.45) is 4.94. The van der Waals surface area contributed by atoms with Gasteiger partial charge in [0.25, 0.3) is 5.91 Å². The third-order valence-corrected chi connectivity index (χ3v) is 7.16. The lowest BCUT2D eigenvalue weighted by atomic mass is 9.97. The molecular formula is C19H21N3O3S. The van der Waals surface area contributed by atoms with E-state index in [1.807, 2.05) is 6.07 Å². The number of rotatable bonds is 3. The highest BCUT2D eigenvalue weighted by atomic mass is 32.2. The lowest BCUT2D eigenvalue weighted by Crippen LogP contribution is -2.47. The van der Waals surface area contributed by atoms with E-state index in [1.165, 1.54) is 0 Å². The molecule has 3 aliphatic rings. The van der Waals surface area contributed by atoms with Gasteiger partial charge < -0.3 is 4.90 Å². The fraction of sp³-hybridized carbons (Fsp3) is 0.368. The van der Waals surface area contributed by atoms with Crippen LogP contribution in [0.1, 0.15) is 23.2 Å². The highest BCUT2D eigenvalue weighted by molar-refractivity contribution is 7.89. The van der Waals surface area contributed by atoms with Crippen LogP contribution in [0.5, 0.6) is 0 Å². The van der Waals surface area contributed by atoms with Crippen molar-refractivity contribution in [2.45, 2.75) is 23.8 Å². The Hall–Kier alpha value is -2.25. The summed E-state index contributed by atoms with van der Waals surface area (Å²) in [5, 5.41) is 0. The Morgan fingerprint density at radius 1 is 0.962 bits per heavy atom. The fourth-order valence-corrected chi connectivity index (χ4v) is 5.65. The van der Waals surface area contributed by atoms with Gasteiger partial charge in [-0.25, -0.2) is 8.42 Å². The molecule has 0 saturated carbocycles. The van der Waals surface area contributed by atoms with Gasteiger partial charge in [-0.05, 0) is 43.0 Å². The van der Waals surface area contributed by atoms with Crippen LogP contribution >= 0.6 is 0 Å². The highest BCUT2D eigenvalue weighted by Crippen LogP contribution is 2.32. The van der Waals surface area contributed by atoms with Crippen LogP contribution in [0, 0.1) is 5.92 Å². The molecule has 2 bridgehead atoms. The molecule has 5 rings (SSSR count). The summed E-state index contributed by atoms with van der Waals surface area (Å²) < 4.78 is 27.8. The maximum atomic E-state index is 13.1. The van der Waals surface area contributed by atoms with Crippen LogP contribution in [0.15, 0.2) is 59.8 Å². The Kier molecular flexibility index (Phi) is 4.50. The van der Waals surface area contributed by atoms with Crippen molar-refractivity contribution < 1.29 is 13.2 Å². The summed E-state index contributed by atoms with van der Waals surface area (Å²) in [7, 11) is -3.54. The first-order valence-electron chi connectivity index (χ1n) is 8.82. The molecule has 0 radical (unpaired) electrons. The summed E-state index contributed by atoms with van der Waals surface area (Å²) in [6.45, 7) is 1.50. The van der Waals surface area contributed by atoms with Gasteiger partial charge in [-0.1, -0.05) is 18.2 Å². The second-order valence-corrected chi connectivity index (χ2v) is 8.82. The molecule has 26 heavy (non-hydrogen) atoms. The quantitative estimate of drug-likeness (QED) is 0.827. The van der Waals surface area contributed by atoms with Crippen molar-refractivity contribution in [3.05, 3.63) is 60.4 Å². The maximum Gasteiger partial charge on any atom is 0.254 e. The Bertz CT molecular complexity index is 887. The molecule has 0 spiro atoms. The van der Waals surface area contributed by atoms with Gasteiger partial charge in [0.05, 0.1) is 4.90 Å². The van der Waals surface area contributed by atoms with Gasteiger partial charge in [-0.2, -0.15) is 4.31 Å². The molecule has 3 fully saturated rings. The van der Waals surface area contributed by atoms with E-state index in [1.54, 1.807) is 58.0 Å². The molecule has 0 aliphatic carbocycles. The number of hydrogen-bond donors (Lipinski definition) is 0. The molecule has 0 unspecified atom stereocenters. The van der Waals surface area contributed by atoms with E-state index >= 15 is 0 Å². The number of carbonyl (C=O) groups is 1. The number of piperidine rings is 1. The average molecular weight is 371 g/mol. The summed E-state index contributed by atoms with van der Waals surface area (Å²) in [6, 6.07) is 11.8. The predicted octanol–water partition coefficient (Wildman–Crippen LogP) is 2.01. The molecule has 1 amide bonds. The van der Waals surface area contributed by atoms with Crippen LogP contribution in [0.3, 0.4) is 0 Å². The van der Waals surface area contributed by atoms with E-state index < -0.39 is 10.0 Å². The first-order valence-corrected chi connectivity index (χ1v) is 10.3. The molecule has 136 valence electrons. The van der Waals surface area contributed by atoms with Crippen LogP contribution in [-0.2, 0) is 10.0 Å². The largest absolute Gasteiger partial charge is 0.337 e. The highest BCUT2D eigenvalue weighted by Gasteiger charge is 2.42. The molecule has 3 aliphatic heterocycles. The van der Waals surface area contributed by atoms with Crippen molar-refractivity contribution in [3.8, 4) is 0 Å². The monoisotopic (exact) mass is 371 g/mol. The summed E-state index contributed by atoms with van der Waals surface area (Å²) >= 11 is 0. The van der Waals surface area contributed by atoms with E-state index in [0.29, 0.717) is 30.1 Å². The van der Waals surface area contributed by atoms with Gasteiger partial charge in [0, 0.05) is 43.6 Å². The zero-order valence-corrected chi connectivity index (χ0v) is 15.2. The first kappa shape index (κ1) is 17.2. The van der Waals surface area contributed by atoms with E-state index in [0.717, 1.165) is 12.8 Å². The van der Waals surface area contributed by atoms with Crippen molar-refractivity contribution in [3.63, 3.8) is 0 Å². The minimum Gasteiger partial charge on any atom is -0.337 e. The van der Waals surface area contributed by atoms with E-state index in [2.05, 4.69) is 4.98 Å². The number of benzene rings is 1. The number of aromatic nitrogens is 1.